The number of hydrogen-bond donors (Lipinski definition) is 1. The molecule has 0 aliphatic rings. The van der Waals surface area contributed by atoms with Gasteiger partial charge in [0.25, 0.3) is 0 Å². The summed E-state index contributed by atoms with van der Waals surface area (Å²) in [5.41, 5.74) is 3.26. The van der Waals surface area contributed by atoms with E-state index in [-0.39, 0.29) is 6.42 Å². The molecule has 0 unspecified atom stereocenters. The number of nitrogens with zero attached hydrogens (tertiary/aromatic N) is 1. The summed E-state index contributed by atoms with van der Waals surface area (Å²) in [6, 6.07) is 18.3. The molecule has 1 N–H and O–H groups in total. The molecule has 140 valence electrons. The predicted molar refractivity (Wildman–Crippen MR) is 107 cm³/mol. The predicted octanol–water partition coefficient (Wildman–Crippen LogP) is 5.39. The van der Waals surface area contributed by atoms with Crippen molar-refractivity contribution in [1.82, 2.24) is 4.98 Å². The van der Waals surface area contributed by atoms with Crippen LogP contribution in [0.5, 0.6) is 5.75 Å². The van der Waals surface area contributed by atoms with Gasteiger partial charge in [-0.05, 0) is 37.0 Å². The average Bonchev–Trinajstić information content (AvgIpc) is 2.69. The van der Waals surface area contributed by atoms with Crippen molar-refractivity contribution in [2.24, 2.45) is 0 Å². The zero-order valence-electron chi connectivity index (χ0n) is 15.4. The van der Waals surface area contributed by atoms with Crippen LogP contribution in [0.15, 0.2) is 60.8 Å². The summed E-state index contributed by atoms with van der Waals surface area (Å²) in [5, 5.41) is 9.80. The van der Waals surface area contributed by atoms with E-state index in [2.05, 4.69) is 29.2 Å². The number of unbranched alkanes of at least 4 members (excludes halogenated alkanes) is 3. The van der Waals surface area contributed by atoms with Gasteiger partial charge in [-0.25, -0.2) is 0 Å². The molecule has 4 nitrogen and oxygen atoms in total. The highest BCUT2D eigenvalue weighted by Gasteiger charge is 2.06. The quantitative estimate of drug-likeness (QED) is 0.491. The molecule has 27 heavy (non-hydrogen) atoms. The first kappa shape index (κ1) is 18.9. The van der Waals surface area contributed by atoms with E-state index in [0.29, 0.717) is 6.61 Å². The van der Waals surface area contributed by atoms with Crippen molar-refractivity contribution in [1.29, 1.82) is 0 Å². The van der Waals surface area contributed by atoms with Crippen LogP contribution in [0.25, 0.3) is 10.9 Å². The van der Waals surface area contributed by atoms with Crippen LogP contribution in [0.2, 0.25) is 0 Å². The zero-order chi connectivity index (χ0) is 18.9. The fourth-order valence-corrected chi connectivity index (χ4v) is 3.24. The number of rotatable bonds is 10. The summed E-state index contributed by atoms with van der Waals surface area (Å²) in [6.45, 7) is 0.490. The van der Waals surface area contributed by atoms with Gasteiger partial charge in [0.1, 0.15) is 12.4 Å². The molecule has 0 saturated carbocycles. The summed E-state index contributed by atoms with van der Waals surface area (Å²) < 4.78 is 6.12. The lowest BCUT2D eigenvalue weighted by Gasteiger charge is -2.12. The third kappa shape index (κ3) is 5.55. The van der Waals surface area contributed by atoms with Crippen molar-refractivity contribution in [3.63, 3.8) is 0 Å². The number of hydrogen-bond acceptors (Lipinski definition) is 3. The van der Waals surface area contributed by atoms with Gasteiger partial charge in [0.2, 0.25) is 0 Å². The average molecular weight is 363 g/mol. The molecule has 0 spiro atoms. The van der Waals surface area contributed by atoms with E-state index in [1.807, 2.05) is 36.5 Å². The van der Waals surface area contributed by atoms with E-state index in [4.69, 9.17) is 9.84 Å². The number of benzene rings is 2. The third-order valence-corrected chi connectivity index (χ3v) is 4.66. The number of carboxylic acid groups (broad SMARTS) is 1. The molecule has 0 fully saturated rings. The number of fused-ring (bicyclic) bond motifs is 1. The molecular weight excluding hydrogens is 338 g/mol. The molecule has 3 aromatic rings. The van der Waals surface area contributed by atoms with Gasteiger partial charge in [0, 0.05) is 23.6 Å². The monoisotopic (exact) mass is 363 g/mol. The van der Waals surface area contributed by atoms with E-state index in [1.54, 1.807) is 0 Å². The largest absolute Gasteiger partial charge is 0.489 e. The van der Waals surface area contributed by atoms with Crippen molar-refractivity contribution in [2.75, 3.05) is 0 Å². The molecular formula is C23H25NO3. The Morgan fingerprint density at radius 3 is 2.56 bits per heavy atom. The Hall–Kier alpha value is -2.88. The van der Waals surface area contributed by atoms with Crippen molar-refractivity contribution in [3.8, 4) is 5.75 Å². The second kappa shape index (κ2) is 9.72. The van der Waals surface area contributed by atoms with Gasteiger partial charge in [-0.1, -0.05) is 55.3 Å². The fraction of sp³-hybridized carbons (Fsp3) is 0.304. The van der Waals surface area contributed by atoms with Crippen LogP contribution in [0, 0.1) is 0 Å². The molecule has 2 aromatic carbocycles. The van der Waals surface area contributed by atoms with Gasteiger partial charge in [0.05, 0.1) is 5.52 Å². The van der Waals surface area contributed by atoms with Crippen LogP contribution in [0.4, 0.5) is 0 Å². The highest BCUT2D eigenvalue weighted by molar-refractivity contribution is 5.81. The minimum Gasteiger partial charge on any atom is -0.489 e. The van der Waals surface area contributed by atoms with Gasteiger partial charge < -0.3 is 9.84 Å². The number of para-hydroxylation sites is 2. The summed E-state index contributed by atoms with van der Waals surface area (Å²) in [5.74, 6) is 0.202. The van der Waals surface area contributed by atoms with Crippen molar-refractivity contribution in [2.45, 2.75) is 45.1 Å². The topological polar surface area (TPSA) is 59.4 Å². The van der Waals surface area contributed by atoms with Crippen LogP contribution < -0.4 is 4.74 Å². The molecule has 0 aliphatic heterocycles. The van der Waals surface area contributed by atoms with Gasteiger partial charge in [-0.3, -0.25) is 9.78 Å². The van der Waals surface area contributed by atoms with Gasteiger partial charge in [0.15, 0.2) is 0 Å². The fourth-order valence-electron chi connectivity index (χ4n) is 3.24. The molecule has 0 aliphatic carbocycles. The Labute approximate surface area is 159 Å². The molecule has 1 aromatic heterocycles. The molecule has 1 heterocycles. The number of pyridine rings is 1. The smallest absolute Gasteiger partial charge is 0.303 e. The molecule has 0 radical (unpaired) electrons. The second-order valence-corrected chi connectivity index (χ2v) is 6.70. The number of ether oxygens (including phenoxy) is 1. The molecule has 4 heteroatoms. The Bertz CT molecular complexity index is 886. The Morgan fingerprint density at radius 2 is 1.67 bits per heavy atom. The maximum Gasteiger partial charge on any atom is 0.303 e. The number of carboxylic acids is 1. The van der Waals surface area contributed by atoms with Crippen LogP contribution in [-0.4, -0.2) is 16.1 Å². The van der Waals surface area contributed by atoms with E-state index >= 15 is 0 Å². The number of carbonyl (C=O) groups is 1. The van der Waals surface area contributed by atoms with Gasteiger partial charge >= 0.3 is 5.97 Å². The van der Waals surface area contributed by atoms with Crippen LogP contribution in [-0.2, 0) is 17.8 Å². The van der Waals surface area contributed by atoms with Crippen molar-refractivity contribution < 1.29 is 14.6 Å². The Kier molecular flexibility index (Phi) is 6.80. The zero-order valence-corrected chi connectivity index (χ0v) is 15.4. The first-order chi connectivity index (χ1) is 13.2. The summed E-state index contributed by atoms with van der Waals surface area (Å²) in [4.78, 5) is 15.0. The third-order valence-electron chi connectivity index (χ3n) is 4.66. The van der Waals surface area contributed by atoms with E-state index < -0.39 is 5.97 Å². The first-order valence-electron chi connectivity index (χ1n) is 9.49. The summed E-state index contributed by atoms with van der Waals surface area (Å²) in [7, 11) is 0. The second-order valence-electron chi connectivity index (χ2n) is 6.70. The SMILES string of the molecule is O=C(O)CCCCCCc1ccccc1OCc1cccc2cccnc12. The van der Waals surface area contributed by atoms with Crippen LogP contribution in [0.3, 0.4) is 0 Å². The lowest BCUT2D eigenvalue weighted by atomic mass is 10.0. The van der Waals surface area contributed by atoms with E-state index in [1.165, 1.54) is 5.56 Å². The summed E-state index contributed by atoms with van der Waals surface area (Å²) in [6.07, 6.45) is 6.79. The molecule has 0 bridgehead atoms. The molecule has 0 atom stereocenters. The maximum atomic E-state index is 10.5. The molecule has 0 saturated heterocycles. The van der Waals surface area contributed by atoms with Gasteiger partial charge in [-0.2, -0.15) is 0 Å². The standard InChI is InChI=1S/C23H25NO3/c25-22(26)15-4-2-1-3-9-18-10-5-6-14-21(18)27-17-20-12-7-11-19-13-8-16-24-23(19)20/h5-8,10-14,16H,1-4,9,15,17H2,(H,25,26). The van der Waals surface area contributed by atoms with Gasteiger partial charge in [-0.15, -0.1) is 0 Å². The van der Waals surface area contributed by atoms with Crippen molar-refractivity contribution in [3.05, 3.63) is 71.9 Å². The molecule has 3 rings (SSSR count). The minimum atomic E-state index is -0.711. The Balaban J connectivity index is 1.57. The van der Waals surface area contributed by atoms with Crippen molar-refractivity contribution >= 4 is 16.9 Å². The van der Waals surface area contributed by atoms with E-state index in [0.717, 1.165) is 54.3 Å². The molecule has 0 amide bonds. The van der Waals surface area contributed by atoms with E-state index in [9.17, 15) is 4.79 Å². The highest BCUT2D eigenvalue weighted by atomic mass is 16.5. The minimum absolute atomic E-state index is 0.263. The Morgan fingerprint density at radius 1 is 0.889 bits per heavy atom. The maximum absolute atomic E-state index is 10.5. The highest BCUT2D eigenvalue weighted by Crippen LogP contribution is 2.23. The lowest BCUT2D eigenvalue weighted by Crippen LogP contribution is -2.00. The number of aryl methyl sites for hydroxylation is 1. The number of aliphatic carboxylic acids is 1. The van der Waals surface area contributed by atoms with Crippen LogP contribution >= 0.6 is 0 Å². The lowest BCUT2D eigenvalue weighted by molar-refractivity contribution is -0.137. The number of aromatic nitrogens is 1. The van der Waals surface area contributed by atoms with Crippen LogP contribution in [0.1, 0.15) is 43.2 Å². The first-order valence-corrected chi connectivity index (χ1v) is 9.49. The summed E-state index contributed by atoms with van der Waals surface area (Å²) >= 11 is 0. The normalized spacial score (nSPS) is 10.8.